The minimum absolute atomic E-state index is 0.331. The van der Waals surface area contributed by atoms with Gasteiger partial charge in [-0.2, -0.15) is 0 Å². The Morgan fingerprint density at radius 2 is 2.14 bits per heavy atom. The van der Waals surface area contributed by atoms with Gasteiger partial charge in [-0.25, -0.2) is 9.59 Å². The highest BCUT2D eigenvalue weighted by molar-refractivity contribution is 5.99. The first-order valence-corrected chi connectivity index (χ1v) is 6.58. The van der Waals surface area contributed by atoms with E-state index in [4.69, 9.17) is 9.68 Å². The van der Waals surface area contributed by atoms with Gasteiger partial charge in [0.25, 0.3) is 0 Å². The summed E-state index contributed by atoms with van der Waals surface area (Å²) in [5.74, 6) is -1.17. The van der Waals surface area contributed by atoms with Crippen molar-refractivity contribution in [3.8, 4) is 0 Å². The van der Waals surface area contributed by atoms with Crippen LogP contribution in [0, 0.1) is 5.41 Å². The Morgan fingerprint density at radius 1 is 1.33 bits per heavy atom. The molecule has 0 bridgehead atoms. The van der Waals surface area contributed by atoms with Gasteiger partial charge in [0.1, 0.15) is 0 Å². The predicted octanol–water partition coefficient (Wildman–Crippen LogP) is 1.66. The van der Waals surface area contributed by atoms with E-state index in [1.54, 1.807) is 12.4 Å². The molecule has 1 aromatic rings. The van der Waals surface area contributed by atoms with E-state index in [0.29, 0.717) is 5.57 Å². The molecular formula is C15H14N2O4. The number of pyridine rings is 1. The second kappa shape index (κ2) is 5.14. The summed E-state index contributed by atoms with van der Waals surface area (Å²) >= 11 is 0. The lowest BCUT2D eigenvalue weighted by Crippen LogP contribution is -2.24. The summed E-state index contributed by atoms with van der Waals surface area (Å²) in [6, 6.07) is 3.76. The Balaban J connectivity index is 1.86. The molecule has 0 atom stereocenters. The highest BCUT2D eigenvalue weighted by atomic mass is 17.0. The van der Waals surface area contributed by atoms with Gasteiger partial charge in [-0.3, -0.25) is 4.98 Å². The van der Waals surface area contributed by atoms with Crippen LogP contribution in [0.15, 0.2) is 42.3 Å². The molecular weight excluding hydrogens is 272 g/mol. The summed E-state index contributed by atoms with van der Waals surface area (Å²) in [6.07, 6.45) is 10.1. The van der Waals surface area contributed by atoms with Gasteiger partial charge in [0.05, 0.1) is 12.6 Å². The third-order valence-electron chi connectivity index (χ3n) is 3.52. The van der Waals surface area contributed by atoms with Crippen LogP contribution < -0.4 is 0 Å². The van der Waals surface area contributed by atoms with Gasteiger partial charge in [-0.1, -0.05) is 18.2 Å². The predicted molar refractivity (Wildman–Crippen MR) is 73.0 cm³/mol. The van der Waals surface area contributed by atoms with Crippen LogP contribution in [0.1, 0.15) is 18.4 Å². The number of hydrogen-bond donors (Lipinski definition) is 0. The molecule has 0 N–H and O–H groups in total. The van der Waals surface area contributed by atoms with E-state index in [0.717, 1.165) is 23.6 Å². The van der Waals surface area contributed by atoms with E-state index in [1.165, 1.54) is 13.1 Å². The molecule has 3 rings (SSSR count). The SMILES string of the molecule is CN1OC(=O)C=C(C2(/C=C\c3cccnc3)CC2)C(=O)O1. The van der Waals surface area contributed by atoms with E-state index in [9.17, 15) is 9.59 Å². The van der Waals surface area contributed by atoms with Crippen LogP contribution in [0.4, 0.5) is 0 Å². The second-order valence-electron chi connectivity index (χ2n) is 5.06. The molecule has 0 saturated heterocycles. The lowest BCUT2D eigenvalue weighted by Gasteiger charge is -2.14. The van der Waals surface area contributed by atoms with Crippen LogP contribution in [0.25, 0.3) is 6.08 Å². The molecule has 2 aliphatic rings. The first-order chi connectivity index (χ1) is 10.1. The zero-order valence-electron chi connectivity index (χ0n) is 11.5. The molecule has 0 unspecified atom stereocenters. The summed E-state index contributed by atoms with van der Waals surface area (Å²) < 4.78 is 0. The molecule has 21 heavy (non-hydrogen) atoms. The van der Waals surface area contributed by atoms with Gasteiger partial charge >= 0.3 is 11.9 Å². The summed E-state index contributed by atoms with van der Waals surface area (Å²) in [5.41, 5.74) is 0.819. The molecule has 1 aromatic heterocycles. The van der Waals surface area contributed by atoms with Gasteiger partial charge in [-0.15, -0.1) is 0 Å². The van der Waals surface area contributed by atoms with Gasteiger partial charge in [0.15, 0.2) is 0 Å². The summed E-state index contributed by atoms with van der Waals surface area (Å²) in [7, 11) is 1.36. The van der Waals surface area contributed by atoms with Crippen molar-refractivity contribution in [1.29, 1.82) is 0 Å². The van der Waals surface area contributed by atoms with Crippen molar-refractivity contribution in [3.05, 3.63) is 47.8 Å². The Bertz CT molecular complexity index is 632. The van der Waals surface area contributed by atoms with Crippen LogP contribution in [0.5, 0.6) is 0 Å². The van der Waals surface area contributed by atoms with Crippen LogP contribution in [0.3, 0.4) is 0 Å². The minimum Gasteiger partial charge on any atom is -0.329 e. The van der Waals surface area contributed by atoms with Gasteiger partial charge in [-0.05, 0) is 24.5 Å². The van der Waals surface area contributed by atoms with E-state index in [1.807, 2.05) is 24.3 Å². The molecule has 0 amide bonds. The van der Waals surface area contributed by atoms with E-state index < -0.39 is 17.4 Å². The molecule has 1 saturated carbocycles. The number of hydrogen-bond acceptors (Lipinski definition) is 6. The van der Waals surface area contributed by atoms with Gasteiger partial charge in [0.2, 0.25) is 0 Å². The molecule has 0 spiro atoms. The number of carbonyl (C=O) groups is 2. The Labute approximate surface area is 121 Å². The van der Waals surface area contributed by atoms with Crippen LogP contribution in [0.2, 0.25) is 0 Å². The molecule has 0 aromatic carbocycles. The fourth-order valence-corrected chi connectivity index (χ4v) is 2.25. The molecule has 108 valence electrons. The second-order valence-corrected chi connectivity index (χ2v) is 5.06. The maximum atomic E-state index is 12.1. The molecule has 1 aliphatic carbocycles. The number of rotatable bonds is 3. The molecule has 6 nitrogen and oxygen atoms in total. The number of aromatic nitrogens is 1. The summed E-state index contributed by atoms with van der Waals surface area (Å²) in [4.78, 5) is 37.3. The Hall–Kier alpha value is -2.47. The summed E-state index contributed by atoms with van der Waals surface area (Å²) in [6.45, 7) is 0. The highest BCUT2D eigenvalue weighted by Gasteiger charge is 2.48. The standard InChI is InChI=1S/C15H14N2O4/c1-17-20-13(18)9-12(14(19)21-17)15(6-7-15)5-4-11-3-2-8-16-10-11/h2-5,8-10H,6-7H2,1H3/b5-4-. The van der Waals surface area contributed by atoms with Crippen LogP contribution >= 0.6 is 0 Å². The van der Waals surface area contributed by atoms with E-state index in [2.05, 4.69) is 4.98 Å². The molecule has 2 heterocycles. The fourth-order valence-electron chi connectivity index (χ4n) is 2.25. The number of hydroxylamine groups is 2. The third kappa shape index (κ3) is 2.85. The summed E-state index contributed by atoms with van der Waals surface area (Å²) in [5, 5.41) is 0.773. The lowest BCUT2D eigenvalue weighted by molar-refractivity contribution is -0.304. The number of carbonyl (C=O) groups excluding carboxylic acids is 2. The molecule has 0 radical (unpaired) electrons. The smallest absolute Gasteiger partial charge is 0.329 e. The number of allylic oxidation sites excluding steroid dienone is 1. The molecule has 1 aliphatic heterocycles. The molecule has 6 heteroatoms. The third-order valence-corrected chi connectivity index (χ3v) is 3.52. The Morgan fingerprint density at radius 3 is 2.81 bits per heavy atom. The lowest BCUT2D eigenvalue weighted by atomic mass is 9.94. The largest absolute Gasteiger partial charge is 0.357 e. The van der Waals surface area contributed by atoms with Crippen LogP contribution in [-0.4, -0.2) is 29.2 Å². The maximum Gasteiger partial charge on any atom is 0.357 e. The van der Waals surface area contributed by atoms with Crippen molar-refractivity contribution in [2.24, 2.45) is 5.41 Å². The average molecular weight is 286 g/mol. The van der Waals surface area contributed by atoms with Crippen LogP contribution in [-0.2, 0) is 19.3 Å². The van der Waals surface area contributed by atoms with Gasteiger partial charge < -0.3 is 9.68 Å². The fraction of sp³-hybridized carbons (Fsp3) is 0.267. The van der Waals surface area contributed by atoms with Crippen molar-refractivity contribution in [3.63, 3.8) is 0 Å². The van der Waals surface area contributed by atoms with Gasteiger partial charge in [0, 0.05) is 29.1 Å². The Kier molecular flexibility index (Phi) is 3.31. The zero-order chi connectivity index (χ0) is 14.9. The van der Waals surface area contributed by atoms with Crippen molar-refractivity contribution in [1.82, 2.24) is 10.2 Å². The quantitative estimate of drug-likeness (QED) is 0.841. The molecule has 1 fully saturated rings. The maximum absolute atomic E-state index is 12.1. The van der Waals surface area contributed by atoms with Crippen molar-refractivity contribution in [2.45, 2.75) is 12.8 Å². The van der Waals surface area contributed by atoms with Crippen molar-refractivity contribution in [2.75, 3.05) is 7.05 Å². The highest BCUT2D eigenvalue weighted by Crippen LogP contribution is 2.54. The van der Waals surface area contributed by atoms with E-state index in [-0.39, 0.29) is 0 Å². The topological polar surface area (TPSA) is 68.7 Å². The zero-order valence-corrected chi connectivity index (χ0v) is 11.5. The minimum atomic E-state index is -0.612. The average Bonchev–Trinajstić information content (AvgIpc) is 3.24. The van der Waals surface area contributed by atoms with Crippen molar-refractivity contribution >= 4 is 18.0 Å². The first-order valence-electron chi connectivity index (χ1n) is 6.58. The first kappa shape index (κ1) is 13.5. The normalized spacial score (nSPS) is 21.5. The van der Waals surface area contributed by atoms with E-state index >= 15 is 0 Å². The van der Waals surface area contributed by atoms with Crippen molar-refractivity contribution < 1.29 is 19.3 Å². The monoisotopic (exact) mass is 286 g/mol. The number of nitrogens with zero attached hydrogens (tertiary/aromatic N) is 2.